The Kier molecular flexibility index (Phi) is 7.63. The molecule has 0 bridgehead atoms. The second-order valence-electron chi connectivity index (χ2n) is 5.28. The van der Waals surface area contributed by atoms with Gasteiger partial charge in [0.15, 0.2) is 0 Å². The molecule has 1 amide bonds. The molecule has 1 aliphatic heterocycles. The Labute approximate surface area is 128 Å². The van der Waals surface area contributed by atoms with Gasteiger partial charge in [-0.1, -0.05) is 30.3 Å². The van der Waals surface area contributed by atoms with Gasteiger partial charge in [-0.15, -0.1) is 12.4 Å². The number of nitrogens with zero attached hydrogens (tertiary/aromatic N) is 1. The molecule has 0 spiro atoms. The molecule has 0 aromatic heterocycles. The standard InChI is InChI=1S/C16H24N2O.ClH/c1-17-15-10-12-18(13-11-15)16(19)9-5-8-14-6-3-2-4-7-14;/h2-4,6-7,15,17H,5,8-13H2,1H3;1H. The van der Waals surface area contributed by atoms with Gasteiger partial charge in [-0.05, 0) is 38.3 Å². The molecular weight excluding hydrogens is 272 g/mol. The van der Waals surface area contributed by atoms with Crippen LogP contribution in [0.15, 0.2) is 30.3 Å². The number of benzene rings is 1. The summed E-state index contributed by atoms with van der Waals surface area (Å²) in [5.41, 5.74) is 1.32. The summed E-state index contributed by atoms with van der Waals surface area (Å²) in [5.74, 6) is 0.325. The molecule has 0 unspecified atom stereocenters. The molecule has 1 aliphatic rings. The fourth-order valence-corrected chi connectivity index (χ4v) is 2.66. The van der Waals surface area contributed by atoms with E-state index in [2.05, 4.69) is 29.6 Å². The lowest BCUT2D eigenvalue weighted by atomic mass is 10.0. The first-order valence-electron chi connectivity index (χ1n) is 7.28. The molecular formula is C16H25ClN2O. The van der Waals surface area contributed by atoms with E-state index in [1.165, 1.54) is 5.56 Å². The molecule has 1 N–H and O–H groups in total. The molecule has 0 radical (unpaired) electrons. The fraction of sp³-hybridized carbons (Fsp3) is 0.562. The topological polar surface area (TPSA) is 32.3 Å². The zero-order valence-electron chi connectivity index (χ0n) is 12.2. The molecule has 4 heteroatoms. The third-order valence-electron chi connectivity index (χ3n) is 3.95. The molecule has 3 nitrogen and oxygen atoms in total. The monoisotopic (exact) mass is 296 g/mol. The fourth-order valence-electron chi connectivity index (χ4n) is 2.66. The highest BCUT2D eigenvalue weighted by Crippen LogP contribution is 2.12. The quantitative estimate of drug-likeness (QED) is 0.906. The second-order valence-corrected chi connectivity index (χ2v) is 5.28. The van der Waals surface area contributed by atoms with Gasteiger partial charge in [0.2, 0.25) is 5.91 Å². The maximum atomic E-state index is 12.1. The zero-order chi connectivity index (χ0) is 13.5. The number of aryl methyl sites for hydroxylation is 1. The highest BCUT2D eigenvalue weighted by molar-refractivity contribution is 5.85. The third-order valence-corrected chi connectivity index (χ3v) is 3.95. The van der Waals surface area contributed by atoms with E-state index in [1.54, 1.807) is 0 Å². The summed E-state index contributed by atoms with van der Waals surface area (Å²) in [6, 6.07) is 11.0. The summed E-state index contributed by atoms with van der Waals surface area (Å²) in [4.78, 5) is 14.1. The number of piperidine rings is 1. The zero-order valence-corrected chi connectivity index (χ0v) is 13.0. The summed E-state index contributed by atoms with van der Waals surface area (Å²) in [5, 5.41) is 3.29. The molecule has 0 saturated carbocycles. The number of nitrogens with one attached hydrogen (secondary N) is 1. The highest BCUT2D eigenvalue weighted by Gasteiger charge is 2.20. The third kappa shape index (κ3) is 5.14. The predicted octanol–water partition coefficient (Wildman–Crippen LogP) is 2.64. The Balaban J connectivity index is 0.00000200. The largest absolute Gasteiger partial charge is 0.343 e. The van der Waals surface area contributed by atoms with Crippen LogP contribution in [0, 0.1) is 0 Å². The first-order chi connectivity index (χ1) is 9.29. The maximum Gasteiger partial charge on any atom is 0.222 e. The lowest BCUT2D eigenvalue weighted by molar-refractivity contribution is -0.132. The predicted molar refractivity (Wildman–Crippen MR) is 85.3 cm³/mol. The summed E-state index contributed by atoms with van der Waals surface area (Å²) in [6.45, 7) is 1.82. The Morgan fingerprint density at radius 1 is 1.25 bits per heavy atom. The van der Waals surface area contributed by atoms with Crippen LogP contribution in [0.5, 0.6) is 0 Å². The van der Waals surface area contributed by atoms with Gasteiger partial charge in [-0.2, -0.15) is 0 Å². The van der Waals surface area contributed by atoms with Crippen LogP contribution in [0.2, 0.25) is 0 Å². The second kappa shape index (κ2) is 8.98. The Hall–Kier alpha value is -1.06. The molecule has 0 atom stereocenters. The first-order valence-corrected chi connectivity index (χ1v) is 7.28. The van der Waals surface area contributed by atoms with Crippen molar-refractivity contribution in [2.24, 2.45) is 0 Å². The van der Waals surface area contributed by atoms with E-state index in [-0.39, 0.29) is 12.4 Å². The number of rotatable bonds is 5. The number of hydrogen-bond donors (Lipinski definition) is 1. The van der Waals surface area contributed by atoms with Crippen molar-refractivity contribution in [2.45, 2.75) is 38.1 Å². The number of carbonyl (C=O) groups is 1. The van der Waals surface area contributed by atoms with Crippen LogP contribution in [-0.4, -0.2) is 37.0 Å². The van der Waals surface area contributed by atoms with E-state index in [9.17, 15) is 4.79 Å². The molecule has 0 aliphatic carbocycles. The molecule has 1 aromatic rings. The molecule has 1 fully saturated rings. The average molecular weight is 297 g/mol. The van der Waals surface area contributed by atoms with Crippen LogP contribution in [0.4, 0.5) is 0 Å². The van der Waals surface area contributed by atoms with E-state index in [0.717, 1.165) is 38.8 Å². The molecule has 1 aromatic carbocycles. The van der Waals surface area contributed by atoms with E-state index in [1.807, 2.05) is 18.0 Å². The van der Waals surface area contributed by atoms with Gasteiger partial charge in [0, 0.05) is 25.6 Å². The van der Waals surface area contributed by atoms with Gasteiger partial charge in [0.1, 0.15) is 0 Å². The summed E-state index contributed by atoms with van der Waals surface area (Å²) in [6.07, 6.45) is 4.80. The van der Waals surface area contributed by atoms with Crippen LogP contribution in [-0.2, 0) is 11.2 Å². The Morgan fingerprint density at radius 2 is 1.90 bits per heavy atom. The van der Waals surface area contributed by atoms with Crippen molar-refractivity contribution in [3.05, 3.63) is 35.9 Å². The first kappa shape index (κ1) is 17.0. The van der Waals surface area contributed by atoms with Crippen LogP contribution in [0.1, 0.15) is 31.2 Å². The van der Waals surface area contributed by atoms with E-state index >= 15 is 0 Å². The molecule has 112 valence electrons. The van der Waals surface area contributed by atoms with Crippen LogP contribution in [0.3, 0.4) is 0 Å². The number of likely N-dealkylation sites (tertiary alicyclic amines) is 1. The van der Waals surface area contributed by atoms with Gasteiger partial charge in [-0.3, -0.25) is 4.79 Å². The Bertz CT molecular complexity index is 389. The number of carbonyl (C=O) groups excluding carboxylic acids is 1. The van der Waals surface area contributed by atoms with E-state index < -0.39 is 0 Å². The minimum Gasteiger partial charge on any atom is -0.343 e. The Morgan fingerprint density at radius 3 is 2.50 bits per heavy atom. The normalized spacial score (nSPS) is 15.8. The van der Waals surface area contributed by atoms with E-state index in [4.69, 9.17) is 0 Å². The molecule has 1 saturated heterocycles. The van der Waals surface area contributed by atoms with Gasteiger partial charge in [-0.25, -0.2) is 0 Å². The molecule has 20 heavy (non-hydrogen) atoms. The molecule has 1 heterocycles. The lowest BCUT2D eigenvalue weighted by Gasteiger charge is -2.31. The smallest absolute Gasteiger partial charge is 0.222 e. The van der Waals surface area contributed by atoms with Crippen LogP contribution >= 0.6 is 12.4 Å². The summed E-state index contributed by atoms with van der Waals surface area (Å²) < 4.78 is 0. The lowest BCUT2D eigenvalue weighted by Crippen LogP contribution is -2.43. The number of amides is 1. The van der Waals surface area contributed by atoms with Crippen molar-refractivity contribution >= 4 is 18.3 Å². The van der Waals surface area contributed by atoms with E-state index in [0.29, 0.717) is 18.4 Å². The van der Waals surface area contributed by atoms with Gasteiger partial charge in [0.05, 0.1) is 0 Å². The van der Waals surface area contributed by atoms with Crippen molar-refractivity contribution in [2.75, 3.05) is 20.1 Å². The summed E-state index contributed by atoms with van der Waals surface area (Å²) >= 11 is 0. The maximum absolute atomic E-state index is 12.1. The van der Waals surface area contributed by atoms with Gasteiger partial charge in [0.25, 0.3) is 0 Å². The number of hydrogen-bond acceptors (Lipinski definition) is 2. The minimum atomic E-state index is 0. The van der Waals surface area contributed by atoms with Crippen LogP contribution in [0.25, 0.3) is 0 Å². The average Bonchev–Trinajstić information content (AvgIpc) is 2.48. The molecule has 2 rings (SSSR count). The van der Waals surface area contributed by atoms with Crippen molar-refractivity contribution in [3.63, 3.8) is 0 Å². The van der Waals surface area contributed by atoms with Crippen molar-refractivity contribution in [1.29, 1.82) is 0 Å². The summed E-state index contributed by atoms with van der Waals surface area (Å²) in [7, 11) is 2.00. The van der Waals surface area contributed by atoms with Gasteiger partial charge < -0.3 is 10.2 Å². The van der Waals surface area contributed by atoms with Crippen molar-refractivity contribution < 1.29 is 4.79 Å². The minimum absolute atomic E-state index is 0. The SMILES string of the molecule is CNC1CCN(C(=O)CCCc2ccccc2)CC1.Cl. The number of halogens is 1. The van der Waals surface area contributed by atoms with Crippen molar-refractivity contribution in [3.8, 4) is 0 Å². The van der Waals surface area contributed by atoms with Gasteiger partial charge >= 0.3 is 0 Å². The van der Waals surface area contributed by atoms with Crippen LogP contribution < -0.4 is 5.32 Å². The highest BCUT2D eigenvalue weighted by atomic mass is 35.5. The van der Waals surface area contributed by atoms with Crippen molar-refractivity contribution in [1.82, 2.24) is 10.2 Å².